The van der Waals surface area contributed by atoms with Gasteiger partial charge in [-0.05, 0) is 30.9 Å². The van der Waals surface area contributed by atoms with Crippen LogP contribution in [-0.4, -0.2) is 16.5 Å². The van der Waals surface area contributed by atoms with E-state index in [2.05, 4.69) is 28.1 Å². The Bertz CT molecular complexity index is 680. The van der Waals surface area contributed by atoms with Gasteiger partial charge in [0.2, 0.25) is 0 Å². The molecule has 1 aromatic heterocycles. The number of hydrogen-bond acceptors (Lipinski definition) is 3. The lowest BCUT2D eigenvalue weighted by atomic mass is 10.00. The first-order valence-corrected chi connectivity index (χ1v) is 6.37. The third kappa shape index (κ3) is 2.65. The zero-order valence-electron chi connectivity index (χ0n) is 11.1. The van der Waals surface area contributed by atoms with E-state index in [1.807, 2.05) is 19.1 Å². The average Bonchev–Trinajstić information content (AvgIpc) is 2.77. The molecule has 5 nitrogen and oxygen atoms in total. The van der Waals surface area contributed by atoms with Gasteiger partial charge in [-0.15, -0.1) is 0 Å². The first-order chi connectivity index (χ1) is 9.17. The maximum atomic E-state index is 11.5. The molecule has 0 aliphatic carbocycles. The van der Waals surface area contributed by atoms with Crippen LogP contribution in [0.4, 0.5) is 0 Å². The summed E-state index contributed by atoms with van der Waals surface area (Å²) in [6, 6.07) is 2.01. The minimum absolute atomic E-state index is 0.214. The van der Waals surface area contributed by atoms with E-state index in [9.17, 15) is 9.70 Å². The van der Waals surface area contributed by atoms with Crippen molar-refractivity contribution in [3.05, 3.63) is 44.2 Å². The first-order valence-electron chi connectivity index (χ1n) is 6.37. The van der Waals surface area contributed by atoms with Crippen molar-refractivity contribution < 1.29 is 0 Å². The predicted octanol–water partition coefficient (Wildman–Crippen LogP) is 2.90. The summed E-state index contributed by atoms with van der Waals surface area (Å²) in [5, 5.41) is 2.88. The molecule has 1 heterocycles. The third-order valence-electron chi connectivity index (χ3n) is 3.13. The monoisotopic (exact) mass is 259 g/mol. The molecular formula is C14H17N3O2. The molecule has 0 bridgehead atoms. The largest absolute Gasteiger partial charge is 0.323 e. The third-order valence-corrected chi connectivity index (χ3v) is 3.13. The van der Waals surface area contributed by atoms with Crippen molar-refractivity contribution in [2.45, 2.75) is 26.7 Å². The van der Waals surface area contributed by atoms with Gasteiger partial charge in [0.25, 0.3) is 0 Å². The summed E-state index contributed by atoms with van der Waals surface area (Å²) in [5.41, 5.74) is 4.38. The number of imidazole rings is 1. The fourth-order valence-electron chi connectivity index (χ4n) is 2.25. The number of nitroso groups, excluding NO2 is 1. The van der Waals surface area contributed by atoms with Crippen molar-refractivity contribution in [2.75, 3.05) is 6.54 Å². The molecule has 2 rings (SSSR count). The van der Waals surface area contributed by atoms with Gasteiger partial charge in [-0.3, -0.25) is 0 Å². The Morgan fingerprint density at radius 1 is 1.32 bits per heavy atom. The Morgan fingerprint density at radius 2 is 2.05 bits per heavy atom. The van der Waals surface area contributed by atoms with E-state index in [0.717, 1.165) is 34.1 Å². The van der Waals surface area contributed by atoms with E-state index >= 15 is 0 Å². The van der Waals surface area contributed by atoms with E-state index in [4.69, 9.17) is 0 Å². The summed E-state index contributed by atoms with van der Waals surface area (Å²) < 4.78 is 0. The van der Waals surface area contributed by atoms with Gasteiger partial charge in [-0.25, -0.2) is 4.79 Å². The smallest absolute Gasteiger partial charge is 0.305 e. The molecule has 2 N–H and O–H groups in total. The fourth-order valence-corrected chi connectivity index (χ4v) is 2.25. The molecule has 100 valence electrons. The van der Waals surface area contributed by atoms with Crippen LogP contribution in [0.5, 0.6) is 0 Å². The predicted molar refractivity (Wildman–Crippen MR) is 77.3 cm³/mol. The summed E-state index contributed by atoms with van der Waals surface area (Å²) in [5.74, 6) is 0. The van der Waals surface area contributed by atoms with Crippen LogP contribution in [-0.2, 0) is 6.42 Å². The number of aromatic amines is 2. The highest BCUT2D eigenvalue weighted by atomic mass is 16.3. The highest BCUT2D eigenvalue weighted by Gasteiger charge is 2.11. The Balaban J connectivity index is 2.65. The maximum absolute atomic E-state index is 11.5. The minimum atomic E-state index is -0.230. The molecule has 0 aliphatic rings. The Hall–Kier alpha value is -2.17. The van der Waals surface area contributed by atoms with E-state index in [1.54, 1.807) is 0 Å². The van der Waals surface area contributed by atoms with E-state index in [0.29, 0.717) is 6.42 Å². The zero-order chi connectivity index (χ0) is 13.8. The lowest BCUT2D eigenvalue weighted by molar-refractivity contribution is 0.963. The van der Waals surface area contributed by atoms with Gasteiger partial charge in [0, 0.05) is 5.56 Å². The van der Waals surface area contributed by atoms with Gasteiger partial charge in [-0.1, -0.05) is 30.3 Å². The number of benzene rings is 1. The van der Waals surface area contributed by atoms with Crippen molar-refractivity contribution in [1.29, 1.82) is 0 Å². The van der Waals surface area contributed by atoms with E-state index < -0.39 is 0 Å². The molecule has 0 saturated carbocycles. The van der Waals surface area contributed by atoms with Crippen LogP contribution in [0.3, 0.4) is 0 Å². The minimum Gasteiger partial charge on any atom is -0.305 e. The van der Waals surface area contributed by atoms with Crippen LogP contribution in [0, 0.1) is 11.8 Å². The van der Waals surface area contributed by atoms with E-state index in [1.165, 1.54) is 0 Å². The van der Waals surface area contributed by atoms with Crippen molar-refractivity contribution in [2.24, 2.45) is 5.18 Å². The number of allylic oxidation sites excluding steroid dienone is 1. The first kappa shape index (κ1) is 13.3. The summed E-state index contributed by atoms with van der Waals surface area (Å²) in [7, 11) is 0. The van der Waals surface area contributed by atoms with Gasteiger partial charge in [-0.2, -0.15) is 4.91 Å². The molecule has 0 aliphatic heterocycles. The normalized spacial score (nSPS) is 11.5. The molecule has 2 aromatic rings. The number of nitrogens with zero attached hydrogens (tertiary/aromatic N) is 1. The molecule has 5 heteroatoms. The van der Waals surface area contributed by atoms with Crippen molar-refractivity contribution in [3.63, 3.8) is 0 Å². The number of fused-ring (bicyclic) bond motifs is 1. The zero-order valence-corrected chi connectivity index (χ0v) is 11.1. The molecule has 0 unspecified atom stereocenters. The molecule has 1 aromatic carbocycles. The lowest BCUT2D eigenvalue weighted by Gasteiger charge is -2.07. The Kier molecular flexibility index (Phi) is 3.94. The maximum Gasteiger partial charge on any atom is 0.323 e. The molecule has 0 saturated heterocycles. The van der Waals surface area contributed by atoms with Crippen molar-refractivity contribution in [3.8, 4) is 0 Å². The van der Waals surface area contributed by atoms with Gasteiger partial charge in [0.05, 0.1) is 17.6 Å². The molecule has 0 radical (unpaired) electrons. The van der Waals surface area contributed by atoms with Gasteiger partial charge < -0.3 is 9.97 Å². The summed E-state index contributed by atoms with van der Waals surface area (Å²) >= 11 is 0. The van der Waals surface area contributed by atoms with Crippen LogP contribution >= 0.6 is 0 Å². The molecule has 19 heavy (non-hydrogen) atoms. The lowest BCUT2D eigenvalue weighted by Crippen LogP contribution is -2.00. The van der Waals surface area contributed by atoms with Gasteiger partial charge in [0.1, 0.15) is 0 Å². The van der Waals surface area contributed by atoms with Crippen LogP contribution in [0.25, 0.3) is 17.1 Å². The quantitative estimate of drug-likeness (QED) is 0.810. The Labute approximate surface area is 110 Å². The molecule has 0 spiro atoms. The molecular weight excluding hydrogens is 242 g/mol. The van der Waals surface area contributed by atoms with Gasteiger partial charge in [0.15, 0.2) is 0 Å². The molecule has 0 amide bonds. The van der Waals surface area contributed by atoms with Crippen LogP contribution in [0.1, 0.15) is 30.0 Å². The van der Waals surface area contributed by atoms with Crippen molar-refractivity contribution >= 4 is 17.1 Å². The molecule has 0 fully saturated rings. The van der Waals surface area contributed by atoms with Crippen LogP contribution in [0.2, 0.25) is 0 Å². The number of rotatable bonds is 5. The second-order valence-electron chi connectivity index (χ2n) is 4.51. The average molecular weight is 259 g/mol. The van der Waals surface area contributed by atoms with Gasteiger partial charge >= 0.3 is 5.69 Å². The fraction of sp³-hybridized carbons (Fsp3) is 0.357. The van der Waals surface area contributed by atoms with Crippen LogP contribution < -0.4 is 5.69 Å². The Morgan fingerprint density at radius 3 is 2.74 bits per heavy atom. The highest BCUT2D eigenvalue weighted by Crippen LogP contribution is 2.24. The highest BCUT2D eigenvalue weighted by molar-refractivity contribution is 5.88. The summed E-state index contributed by atoms with van der Waals surface area (Å²) in [6.07, 6.45) is 5.54. The van der Waals surface area contributed by atoms with Crippen molar-refractivity contribution in [1.82, 2.24) is 9.97 Å². The molecule has 0 atom stereocenters. The number of aromatic nitrogens is 2. The standard InChI is InChI=1S/C14H17N3O2/c1-3-4-5-11-9(2)8-10(6-7-15-19)12-13(11)17-14(18)16-12/h4-5,8H,3,6-7H2,1-2H3,(H2,16,17,18)/b5-4+. The number of aryl methyl sites for hydroxylation is 1. The van der Waals surface area contributed by atoms with Crippen LogP contribution in [0.15, 0.2) is 22.1 Å². The summed E-state index contributed by atoms with van der Waals surface area (Å²) in [4.78, 5) is 27.4. The van der Waals surface area contributed by atoms with E-state index in [-0.39, 0.29) is 12.2 Å². The number of hydrogen-bond donors (Lipinski definition) is 2. The second kappa shape index (κ2) is 5.65. The summed E-state index contributed by atoms with van der Waals surface area (Å²) in [6.45, 7) is 4.27. The number of H-pyrrole nitrogens is 2. The topological polar surface area (TPSA) is 78.1 Å². The second-order valence-corrected chi connectivity index (χ2v) is 4.51. The SMILES string of the molecule is CC/C=C/c1c(C)cc(CCN=O)c2[nH]c(=O)[nH]c12. The number of nitrogens with one attached hydrogen (secondary N) is 2.